The molecule has 122 valence electrons. The molecule has 1 aliphatic rings. The number of aliphatic hydroxyl groups is 1. The van der Waals surface area contributed by atoms with Crippen LogP contribution in [0.1, 0.15) is 70.6 Å². The molecule has 0 aliphatic carbocycles. The van der Waals surface area contributed by atoms with E-state index in [-0.39, 0.29) is 6.61 Å². The van der Waals surface area contributed by atoms with E-state index < -0.39 is 0 Å². The second-order valence-corrected chi connectivity index (χ2v) is 6.01. The Morgan fingerprint density at radius 3 is 2.24 bits per heavy atom. The molecule has 0 aromatic heterocycles. The van der Waals surface area contributed by atoms with Crippen LogP contribution in [-0.2, 0) is 0 Å². The maximum atomic E-state index is 9.00. The van der Waals surface area contributed by atoms with Gasteiger partial charge in [0.05, 0.1) is 12.8 Å². The minimum Gasteiger partial charge on any atom is -0.395 e. The predicted molar refractivity (Wildman–Crippen MR) is 90.8 cm³/mol. The third-order valence-electron chi connectivity index (χ3n) is 4.20. The van der Waals surface area contributed by atoms with Crippen molar-refractivity contribution in [3.8, 4) is 0 Å². The first-order valence-electron chi connectivity index (χ1n) is 8.78. The highest BCUT2D eigenvalue weighted by Crippen LogP contribution is 2.15. The van der Waals surface area contributed by atoms with Crippen LogP contribution in [0.15, 0.2) is 25.1 Å². The number of nitrogens with zero attached hydrogens (tertiary/aromatic N) is 1. The minimum atomic E-state index is 0.231. The van der Waals surface area contributed by atoms with Crippen molar-refractivity contribution in [2.75, 3.05) is 13.2 Å². The lowest BCUT2D eigenvalue weighted by atomic mass is 10.1. The monoisotopic (exact) mass is 294 g/mol. The zero-order chi connectivity index (χ0) is 15.2. The maximum Gasteiger partial charge on any atom is 0.0982 e. The zero-order valence-corrected chi connectivity index (χ0v) is 13.6. The average Bonchev–Trinajstić information content (AvgIpc) is 2.92. The molecule has 0 bridgehead atoms. The first-order chi connectivity index (χ1) is 10.4. The van der Waals surface area contributed by atoms with E-state index in [0.29, 0.717) is 6.17 Å². The third kappa shape index (κ3) is 8.82. The molecule has 0 saturated carbocycles. The molecule has 1 heterocycles. The van der Waals surface area contributed by atoms with Crippen molar-refractivity contribution in [3.05, 3.63) is 25.1 Å². The van der Waals surface area contributed by atoms with Gasteiger partial charge >= 0.3 is 0 Å². The average molecular weight is 294 g/mol. The van der Waals surface area contributed by atoms with E-state index in [1.807, 2.05) is 18.5 Å². The summed E-state index contributed by atoms with van der Waals surface area (Å²) in [6, 6.07) is 0. The van der Waals surface area contributed by atoms with Gasteiger partial charge in [-0.25, -0.2) is 0 Å². The Bertz CT molecular complexity index is 278. The number of hydrogen-bond donors (Lipinski definition) is 2. The normalized spacial score (nSPS) is 17.2. The zero-order valence-electron chi connectivity index (χ0n) is 13.6. The fourth-order valence-corrected chi connectivity index (χ4v) is 2.91. The molecule has 1 rings (SSSR count). The van der Waals surface area contributed by atoms with Gasteiger partial charge in [0.15, 0.2) is 0 Å². The van der Waals surface area contributed by atoms with Gasteiger partial charge in [-0.1, -0.05) is 51.0 Å². The van der Waals surface area contributed by atoms with Crippen molar-refractivity contribution >= 4 is 0 Å². The molecule has 3 heteroatoms. The maximum absolute atomic E-state index is 9.00. The predicted octanol–water partition coefficient (Wildman–Crippen LogP) is 4.16. The van der Waals surface area contributed by atoms with Gasteiger partial charge in [-0.2, -0.15) is 0 Å². The number of hydrogen-bond acceptors (Lipinski definition) is 3. The minimum absolute atomic E-state index is 0.231. The van der Waals surface area contributed by atoms with E-state index in [4.69, 9.17) is 5.11 Å². The molecule has 0 fully saturated rings. The molecule has 3 nitrogen and oxygen atoms in total. The molecular formula is C18H34N2O. The molecular weight excluding hydrogens is 260 g/mol. The SMILES string of the molecule is C=CCCCCCCCCCCCC1NC=CN1CCO. The lowest BCUT2D eigenvalue weighted by Gasteiger charge is -2.24. The van der Waals surface area contributed by atoms with E-state index in [0.717, 1.165) is 6.54 Å². The molecule has 0 amide bonds. The topological polar surface area (TPSA) is 35.5 Å². The van der Waals surface area contributed by atoms with Crippen LogP contribution in [0.3, 0.4) is 0 Å². The number of allylic oxidation sites excluding steroid dienone is 1. The van der Waals surface area contributed by atoms with Gasteiger partial charge in [-0.3, -0.25) is 0 Å². The summed E-state index contributed by atoms with van der Waals surface area (Å²) in [5.74, 6) is 0. The first kappa shape index (κ1) is 18.1. The van der Waals surface area contributed by atoms with E-state index in [1.54, 1.807) is 0 Å². The lowest BCUT2D eigenvalue weighted by molar-refractivity contribution is 0.194. The van der Waals surface area contributed by atoms with Crippen LogP contribution in [0.2, 0.25) is 0 Å². The molecule has 21 heavy (non-hydrogen) atoms. The van der Waals surface area contributed by atoms with Crippen LogP contribution in [0.5, 0.6) is 0 Å². The Kier molecular flexibility index (Phi) is 11.0. The van der Waals surface area contributed by atoms with Crippen LogP contribution in [0.25, 0.3) is 0 Å². The number of aliphatic hydroxyl groups excluding tert-OH is 1. The molecule has 2 N–H and O–H groups in total. The Balaban J connectivity index is 1.83. The van der Waals surface area contributed by atoms with Gasteiger partial charge in [-0.15, -0.1) is 6.58 Å². The summed E-state index contributed by atoms with van der Waals surface area (Å²) in [5, 5.41) is 12.4. The molecule has 0 spiro atoms. The van der Waals surface area contributed by atoms with Crippen LogP contribution >= 0.6 is 0 Å². The van der Waals surface area contributed by atoms with Crippen LogP contribution in [-0.4, -0.2) is 29.3 Å². The second kappa shape index (κ2) is 12.8. The first-order valence-corrected chi connectivity index (χ1v) is 8.78. The van der Waals surface area contributed by atoms with Crippen molar-refractivity contribution in [3.63, 3.8) is 0 Å². The smallest absolute Gasteiger partial charge is 0.0982 e. The fourth-order valence-electron chi connectivity index (χ4n) is 2.91. The summed E-state index contributed by atoms with van der Waals surface area (Å²) in [6.45, 7) is 4.72. The van der Waals surface area contributed by atoms with E-state index >= 15 is 0 Å². The molecule has 0 saturated heterocycles. The van der Waals surface area contributed by atoms with E-state index in [9.17, 15) is 0 Å². The van der Waals surface area contributed by atoms with Gasteiger partial charge < -0.3 is 15.3 Å². The Morgan fingerprint density at radius 2 is 1.62 bits per heavy atom. The Hall–Kier alpha value is -0.960. The van der Waals surface area contributed by atoms with Gasteiger partial charge in [0.2, 0.25) is 0 Å². The summed E-state index contributed by atoms with van der Waals surface area (Å²) in [6.07, 6.45) is 21.1. The van der Waals surface area contributed by atoms with Crippen LogP contribution in [0, 0.1) is 0 Å². The summed E-state index contributed by atoms with van der Waals surface area (Å²) in [7, 11) is 0. The molecule has 1 atom stereocenters. The summed E-state index contributed by atoms with van der Waals surface area (Å²) >= 11 is 0. The van der Waals surface area contributed by atoms with Gasteiger partial charge in [0.1, 0.15) is 0 Å². The second-order valence-electron chi connectivity index (χ2n) is 6.01. The van der Waals surface area contributed by atoms with Gasteiger partial charge in [0.25, 0.3) is 0 Å². The third-order valence-corrected chi connectivity index (χ3v) is 4.20. The summed E-state index contributed by atoms with van der Waals surface area (Å²) in [4.78, 5) is 2.20. The van der Waals surface area contributed by atoms with Gasteiger partial charge in [0, 0.05) is 18.9 Å². The van der Waals surface area contributed by atoms with Crippen molar-refractivity contribution in [2.45, 2.75) is 76.8 Å². The fraction of sp³-hybridized carbons (Fsp3) is 0.778. The van der Waals surface area contributed by atoms with E-state index in [2.05, 4.69) is 16.8 Å². The number of rotatable bonds is 14. The van der Waals surface area contributed by atoms with Crippen LogP contribution in [0.4, 0.5) is 0 Å². The standard InChI is InChI=1S/C18H34N2O/c1-2-3-4-5-6-7-8-9-10-11-12-13-18-19-14-15-20(18)16-17-21/h2,14-15,18-19,21H,1,3-13,16-17H2. The molecule has 0 aromatic carbocycles. The Labute approximate surface area is 131 Å². The number of unbranched alkanes of at least 4 members (excludes halogenated alkanes) is 9. The van der Waals surface area contributed by atoms with Crippen molar-refractivity contribution in [1.82, 2.24) is 10.2 Å². The van der Waals surface area contributed by atoms with Crippen molar-refractivity contribution in [1.29, 1.82) is 0 Å². The Morgan fingerprint density at radius 1 is 1.00 bits per heavy atom. The highest BCUT2D eigenvalue weighted by Gasteiger charge is 2.16. The quantitative estimate of drug-likeness (QED) is 0.373. The highest BCUT2D eigenvalue weighted by atomic mass is 16.3. The summed E-state index contributed by atoms with van der Waals surface area (Å²) < 4.78 is 0. The number of nitrogens with one attached hydrogen (secondary N) is 1. The molecule has 1 aliphatic heterocycles. The molecule has 1 unspecified atom stereocenters. The highest BCUT2D eigenvalue weighted by molar-refractivity contribution is 4.93. The molecule has 0 radical (unpaired) electrons. The van der Waals surface area contributed by atoms with Gasteiger partial charge in [-0.05, 0) is 25.7 Å². The summed E-state index contributed by atoms with van der Waals surface area (Å²) in [5.41, 5.74) is 0. The van der Waals surface area contributed by atoms with Crippen molar-refractivity contribution < 1.29 is 5.11 Å². The van der Waals surface area contributed by atoms with Crippen molar-refractivity contribution in [2.24, 2.45) is 0 Å². The molecule has 0 aromatic rings. The largest absolute Gasteiger partial charge is 0.395 e. The number of β-amino-alcohol motifs (C(OH)–C–C–N with tert-alkyl or cyclic N) is 1. The lowest BCUT2D eigenvalue weighted by Crippen LogP contribution is -2.36. The van der Waals surface area contributed by atoms with E-state index in [1.165, 1.54) is 70.6 Å². The van der Waals surface area contributed by atoms with Crippen LogP contribution < -0.4 is 5.32 Å².